The summed E-state index contributed by atoms with van der Waals surface area (Å²) < 4.78 is 0. The minimum Gasteiger partial charge on any atom is -0.315 e. The van der Waals surface area contributed by atoms with E-state index in [1.807, 2.05) is 6.07 Å². The SMILES string of the molecule is CN(Cc1cccc2c1C(=O)N(C1CCC(=O)NC1=O)C2=O)C12CCC(CNC1)C2. The van der Waals surface area contributed by atoms with Crippen molar-refractivity contribution >= 4 is 23.6 Å². The van der Waals surface area contributed by atoms with E-state index in [2.05, 4.69) is 22.6 Å². The van der Waals surface area contributed by atoms with Crippen LogP contribution in [0.3, 0.4) is 0 Å². The third-order valence-corrected chi connectivity index (χ3v) is 7.35. The highest BCUT2D eigenvalue weighted by Gasteiger charge is 2.47. The van der Waals surface area contributed by atoms with Crippen molar-refractivity contribution in [2.45, 2.75) is 50.2 Å². The molecule has 1 aromatic carbocycles. The highest BCUT2D eigenvalue weighted by molar-refractivity contribution is 6.24. The van der Waals surface area contributed by atoms with Crippen LogP contribution in [0.1, 0.15) is 58.4 Å². The predicted octanol–water partition coefficient (Wildman–Crippen LogP) is 0.662. The van der Waals surface area contributed by atoms with Crippen LogP contribution in [-0.2, 0) is 16.1 Å². The molecule has 3 aliphatic heterocycles. The topological polar surface area (TPSA) is 98.8 Å². The Labute approximate surface area is 175 Å². The molecule has 2 saturated heterocycles. The Kier molecular flexibility index (Phi) is 4.52. The van der Waals surface area contributed by atoms with Gasteiger partial charge in [-0.05, 0) is 56.8 Å². The van der Waals surface area contributed by atoms with Crippen molar-refractivity contribution in [3.63, 3.8) is 0 Å². The average Bonchev–Trinajstić information content (AvgIpc) is 3.17. The molecule has 0 spiro atoms. The molecule has 1 aromatic rings. The number of hydrogen-bond donors (Lipinski definition) is 2. The monoisotopic (exact) mass is 410 g/mol. The fourth-order valence-corrected chi connectivity index (χ4v) is 5.68. The van der Waals surface area contributed by atoms with Crippen LogP contribution in [0.4, 0.5) is 0 Å². The van der Waals surface area contributed by atoms with Gasteiger partial charge < -0.3 is 5.32 Å². The van der Waals surface area contributed by atoms with Gasteiger partial charge in [0.25, 0.3) is 11.8 Å². The predicted molar refractivity (Wildman–Crippen MR) is 108 cm³/mol. The van der Waals surface area contributed by atoms with E-state index >= 15 is 0 Å². The number of carbonyl (C=O) groups excluding carboxylic acids is 4. The fourth-order valence-electron chi connectivity index (χ4n) is 5.68. The largest absolute Gasteiger partial charge is 0.315 e. The molecule has 3 heterocycles. The zero-order chi connectivity index (χ0) is 21.0. The molecule has 0 aromatic heterocycles. The maximum Gasteiger partial charge on any atom is 0.262 e. The number of carbonyl (C=O) groups is 4. The van der Waals surface area contributed by atoms with Crippen LogP contribution in [0.2, 0.25) is 0 Å². The molecule has 4 aliphatic rings. The summed E-state index contributed by atoms with van der Waals surface area (Å²) in [5.74, 6) is -1.13. The Hall–Kier alpha value is -2.58. The molecule has 3 unspecified atom stereocenters. The summed E-state index contributed by atoms with van der Waals surface area (Å²) in [6.45, 7) is 2.58. The van der Waals surface area contributed by atoms with Crippen LogP contribution in [0.15, 0.2) is 18.2 Å². The van der Waals surface area contributed by atoms with Crippen LogP contribution in [-0.4, -0.2) is 65.1 Å². The first-order valence-electron chi connectivity index (χ1n) is 10.6. The minimum absolute atomic E-state index is 0.0839. The van der Waals surface area contributed by atoms with E-state index in [-0.39, 0.29) is 24.3 Å². The van der Waals surface area contributed by atoms with E-state index in [0.29, 0.717) is 23.6 Å². The molecule has 4 amide bonds. The van der Waals surface area contributed by atoms with E-state index in [1.54, 1.807) is 12.1 Å². The zero-order valence-corrected chi connectivity index (χ0v) is 17.1. The van der Waals surface area contributed by atoms with Crippen LogP contribution in [0, 0.1) is 5.92 Å². The lowest BCUT2D eigenvalue weighted by Crippen LogP contribution is -2.54. The molecule has 0 radical (unpaired) electrons. The van der Waals surface area contributed by atoms with Gasteiger partial charge in [-0.15, -0.1) is 0 Å². The van der Waals surface area contributed by atoms with E-state index in [0.717, 1.165) is 36.4 Å². The summed E-state index contributed by atoms with van der Waals surface area (Å²) >= 11 is 0. The van der Waals surface area contributed by atoms with E-state index < -0.39 is 23.8 Å². The van der Waals surface area contributed by atoms with Gasteiger partial charge >= 0.3 is 0 Å². The molecule has 158 valence electrons. The molecule has 1 aliphatic carbocycles. The maximum atomic E-state index is 13.3. The second-order valence-corrected chi connectivity index (χ2v) is 9.11. The lowest BCUT2D eigenvalue weighted by molar-refractivity contribution is -0.136. The molecule has 8 heteroatoms. The summed E-state index contributed by atoms with van der Waals surface area (Å²) in [7, 11) is 2.09. The van der Waals surface area contributed by atoms with Gasteiger partial charge in [0.15, 0.2) is 0 Å². The van der Waals surface area contributed by atoms with Gasteiger partial charge in [0.2, 0.25) is 11.8 Å². The van der Waals surface area contributed by atoms with Crippen LogP contribution in [0.5, 0.6) is 0 Å². The van der Waals surface area contributed by atoms with Crippen molar-refractivity contribution < 1.29 is 19.2 Å². The Balaban J connectivity index is 1.42. The van der Waals surface area contributed by atoms with E-state index in [1.165, 1.54) is 6.42 Å². The van der Waals surface area contributed by atoms with Crippen LogP contribution < -0.4 is 10.6 Å². The molecule has 30 heavy (non-hydrogen) atoms. The number of piperidine rings is 2. The van der Waals surface area contributed by atoms with Crippen molar-refractivity contribution in [2.24, 2.45) is 5.92 Å². The van der Waals surface area contributed by atoms with Gasteiger partial charge in [-0.2, -0.15) is 0 Å². The van der Waals surface area contributed by atoms with Crippen molar-refractivity contribution in [2.75, 3.05) is 20.1 Å². The molecule has 1 saturated carbocycles. The van der Waals surface area contributed by atoms with Crippen molar-refractivity contribution in [3.8, 4) is 0 Å². The molecular formula is C22H26N4O4. The minimum atomic E-state index is -0.933. The summed E-state index contributed by atoms with van der Waals surface area (Å²) in [6.07, 6.45) is 3.79. The molecule has 3 atom stereocenters. The first-order valence-corrected chi connectivity index (χ1v) is 10.6. The number of nitrogens with one attached hydrogen (secondary N) is 2. The maximum absolute atomic E-state index is 13.3. The van der Waals surface area contributed by atoms with Gasteiger partial charge in [-0.25, -0.2) is 0 Å². The lowest BCUT2D eigenvalue weighted by Gasteiger charge is -2.42. The van der Waals surface area contributed by atoms with Crippen LogP contribution >= 0.6 is 0 Å². The number of amides is 4. The number of hydrogen-bond acceptors (Lipinski definition) is 6. The molecular weight excluding hydrogens is 384 g/mol. The van der Waals surface area contributed by atoms with Gasteiger partial charge in [0.05, 0.1) is 11.1 Å². The number of imide groups is 2. The van der Waals surface area contributed by atoms with Crippen LogP contribution in [0.25, 0.3) is 0 Å². The standard InChI is InChI=1S/C22H26N4O4/c1-25(22-8-7-13(9-22)10-23-12-22)11-14-3-2-4-15-18(14)21(30)26(20(15)29)16-5-6-17(27)24-19(16)28/h2-4,13,16,23H,5-12H2,1H3,(H,24,27,28). The Morgan fingerprint density at radius 2 is 2.00 bits per heavy atom. The first kappa shape index (κ1) is 19.4. The van der Waals surface area contributed by atoms with Crippen molar-refractivity contribution in [3.05, 3.63) is 34.9 Å². The first-order chi connectivity index (χ1) is 14.4. The van der Waals surface area contributed by atoms with E-state index in [9.17, 15) is 19.2 Å². The Morgan fingerprint density at radius 1 is 1.17 bits per heavy atom. The number of nitrogens with zero attached hydrogens (tertiary/aromatic N) is 2. The number of rotatable bonds is 4. The van der Waals surface area contributed by atoms with Crippen molar-refractivity contribution in [1.29, 1.82) is 0 Å². The second-order valence-electron chi connectivity index (χ2n) is 9.11. The third kappa shape index (κ3) is 2.89. The van der Waals surface area contributed by atoms with Gasteiger partial charge in [-0.3, -0.25) is 34.3 Å². The zero-order valence-electron chi connectivity index (χ0n) is 17.1. The molecule has 8 nitrogen and oxygen atoms in total. The third-order valence-electron chi connectivity index (χ3n) is 7.35. The summed E-state index contributed by atoms with van der Waals surface area (Å²) in [4.78, 5) is 53.4. The van der Waals surface area contributed by atoms with E-state index in [4.69, 9.17) is 0 Å². The second kappa shape index (κ2) is 6.99. The summed E-state index contributed by atoms with van der Waals surface area (Å²) in [5.41, 5.74) is 1.64. The highest BCUT2D eigenvalue weighted by Crippen LogP contribution is 2.41. The fraction of sp³-hybridized carbons (Fsp3) is 0.545. The molecule has 3 fully saturated rings. The van der Waals surface area contributed by atoms with Crippen molar-refractivity contribution in [1.82, 2.24) is 20.4 Å². The molecule has 5 rings (SSSR count). The summed E-state index contributed by atoms with van der Waals surface area (Å²) in [5, 5.41) is 5.78. The smallest absolute Gasteiger partial charge is 0.262 e. The molecule has 2 N–H and O–H groups in total. The number of fused-ring (bicyclic) bond motifs is 3. The average molecular weight is 410 g/mol. The van der Waals surface area contributed by atoms with Gasteiger partial charge in [0.1, 0.15) is 6.04 Å². The Morgan fingerprint density at radius 3 is 2.80 bits per heavy atom. The number of likely N-dealkylation sites (N-methyl/N-ethyl adjacent to an activating group) is 1. The molecule has 2 bridgehead atoms. The van der Waals surface area contributed by atoms with Gasteiger partial charge in [0, 0.05) is 25.0 Å². The quantitative estimate of drug-likeness (QED) is 0.708. The number of benzene rings is 1. The lowest BCUT2D eigenvalue weighted by atomic mass is 9.90. The highest BCUT2D eigenvalue weighted by atomic mass is 16.2. The van der Waals surface area contributed by atoms with Gasteiger partial charge in [-0.1, -0.05) is 12.1 Å². The summed E-state index contributed by atoms with van der Waals surface area (Å²) in [6, 6.07) is 4.41. The Bertz CT molecular complexity index is 956. The normalized spacial score (nSPS) is 30.8.